The van der Waals surface area contributed by atoms with Crippen LogP contribution in [0, 0.1) is 0 Å². The number of amides is 1. The van der Waals surface area contributed by atoms with Gasteiger partial charge < -0.3 is 15.3 Å². The van der Waals surface area contributed by atoms with Crippen molar-refractivity contribution in [1.82, 2.24) is 5.32 Å². The van der Waals surface area contributed by atoms with Crippen LogP contribution in [-0.4, -0.2) is 37.6 Å². The molecular weight excluding hydrogens is 280 g/mol. The van der Waals surface area contributed by atoms with Gasteiger partial charge >= 0.3 is 5.97 Å². The highest BCUT2D eigenvalue weighted by molar-refractivity contribution is 5.85. The van der Waals surface area contributed by atoms with Crippen LogP contribution in [0.1, 0.15) is 44.1 Å². The van der Waals surface area contributed by atoms with E-state index in [4.69, 9.17) is 0 Å². The summed E-state index contributed by atoms with van der Waals surface area (Å²) in [4.78, 5) is 25.3. The van der Waals surface area contributed by atoms with Gasteiger partial charge in [-0.3, -0.25) is 9.59 Å². The summed E-state index contributed by atoms with van der Waals surface area (Å²) in [6, 6.07) is 7.28. The van der Waals surface area contributed by atoms with Crippen LogP contribution in [0.2, 0.25) is 0 Å². The number of carbonyl (C=O) groups excluding carboxylic acids is 1. The van der Waals surface area contributed by atoms with Gasteiger partial charge in [0, 0.05) is 32.7 Å². The fraction of sp³-hybridized carbons (Fsp3) is 0.529. The Morgan fingerprint density at radius 3 is 2.32 bits per heavy atom. The molecule has 1 atom stereocenters. The Kier molecular flexibility index (Phi) is 7.43. The number of carboxylic acids is 1. The first-order valence-corrected chi connectivity index (χ1v) is 7.72. The molecule has 0 saturated heterocycles. The number of rotatable bonds is 9. The van der Waals surface area contributed by atoms with E-state index in [-0.39, 0.29) is 12.3 Å². The van der Waals surface area contributed by atoms with Crippen LogP contribution in [0.3, 0.4) is 0 Å². The molecule has 0 aromatic heterocycles. The number of unbranched alkanes of at least 4 members (excludes halogenated alkanes) is 2. The van der Waals surface area contributed by atoms with Crippen molar-refractivity contribution >= 4 is 17.6 Å². The van der Waals surface area contributed by atoms with Crippen molar-refractivity contribution in [3.8, 4) is 0 Å². The summed E-state index contributed by atoms with van der Waals surface area (Å²) in [7, 11) is 3.85. The van der Waals surface area contributed by atoms with Crippen LogP contribution >= 0.6 is 0 Å². The number of hydrogen-bond donors (Lipinski definition) is 2. The van der Waals surface area contributed by atoms with E-state index >= 15 is 0 Å². The molecule has 2 N–H and O–H groups in total. The molecule has 122 valence electrons. The predicted octanol–water partition coefficient (Wildman–Crippen LogP) is 2.62. The number of anilines is 1. The molecule has 0 spiro atoms. The second-order valence-corrected chi connectivity index (χ2v) is 5.64. The van der Waals surface area contributed by atoms with Crippen molar-refractivity contribution in [2.45, 2.75) is 38.5 Å². The largest absolute Gasteiger partial charge is 0.481 e. The summed E-state index contributed by atoms with van der Waals surface area (Å²) < 4.78 is 0. The quantitative estimate of drug-likeness (QED) is 0.688. The lowest BCUT2D eigenvalue weighted by atomic mass is 9.95. The predicted molar refractivity (Wildman–Crippen MR) is 88.3 cm³/mol. The lowest BCUT2D eigenvalue weighted by Crippen LogP contribution is -2.28. The zero-order chi connectivity index (χ0) is 16.5. The van der Waals surface area contributed by atoms with Crippen LogP contribution in [0.15, 0.2) is 24.3 Å². The van der Waals surface area contributed by atoms with Crippen LogP contribution in [-0.2, 0) is 9.59 Å². The van der Waals surface area contributed by atoms with Gasteiger partial charge in [0.25, 0.3) is 0 Å². The molecule has 22 heavy (non-hydrogen) atoms. The number of aliphatic carboxylic acids is 1. The van der Waals surface area contributed by atoms with Gasteiger partial charge in [0.15, 0.2) is 0 Å². The number of carboxylic acid groups (broad SMARTS) is 1. The average Bonchev–Trinajstić information content (AvgIpc) is 2.49. The Labute approximate surface area is 132 Å². The summed E-state index contributed by atoms with van der Waals surface area (Å²) in [5.41, 5.74) is 1.65. The smallest absolute Gasteiger partial charge is 0.311 e. The molecule has 1 amide bonds. The van der Waals surface area contributed by atoms with E-state index in [9.17, 15) is 14.7 Å². The third kappa shape index (κ3) is 5.76. The highest BCUT2D eigenvalue weighted by Crippen LogP contribution is 2.23. The molecular formula is C17H26N2O3. The minimum absolute atomic E-state index is 0.0250. The third-order valence-corrected chi connectivity index (χ3v) is 3.60. The van der Waals surface area contributed by atoms with Crippen molar-refractivity contribution in [2.75, 3.05) is 25.5 Å². The maximum atomic E-state index is 11.9. The van der Waals surface area contributed by atoms with E-state index in [0.29, 0.717) is 12.1 Å². The first kappa shape index (κ1) is 18.0. The number of hydrogen-bond acceptors (Lipinski definition) is 3. The van der Waals surface area contributed by atoms with Gasteiger partial charge in [0.2, 0.25) is 5.91 Å². The second-order valence-electron chi connectivity index (χ2n) is 5.64. The van der Waals surface area contributed by atoms with E-state index in [0.717, 1.165) is 24.9 Å². The Hall–Kier alpha value is -2.04. The number of carbonyl (C=O) groups is 2. The maximum Gasteiger partial charge on any atom is 0.311 e. The van der Waals surface area contributed by atoms with Gasteiger partial charge in [-0.05, 0) is 24.1 Å². The molecule has 0 fully saturated rings. The van der Waals surface area contributed by atoms with E-state index in [1.807, 2.05) is 31.1 Å². The maximum absolute atomic E-state index is 11.9. The Morgan fingerprint density at radius 1 is 1.18 bits per heavy atom. The lowest BCUT2D eigenvalue weighted by Gasteiger charge is -2.16. The van der Waals surface area contributed by atoms with Crippen molar-refractivity contribution in [2.24, 2.45) is 0 Å². The van der Waals surface area contributed by atoms with E-state index < -0.39 is 11.9 Å². The van der Waals surface area contributed by atoms with Gasteiger partial charge in [-0.1, -0.05) is 31.9 Å². The van der Waals surface area contributed by atoms with Crippen molar-refractivity contribution < 1.29 is 14.7 Å². The molecule has 0 bridgehead atoms. The van der Waals surface area contributed by atoms with Gasteiger partial charge in [-0.2, -0.15) is 0 Å². The second kappa shape index (κ2) is 9.07. The minimum atomic E-state index is -0.971. The number of nitrogens with zero attached hydrogens (tertiary/aromatic N) is 1. The fourth-order valence-electron chi connectivity index (χ4n) is 2.21. The van der Waals surface area contributed by atoms with Crippen molar-refractivity contribution in [3.63, 3.8) is 0 Å². The molecule has 0 aliphatic rings. The summed E-state index contributed by atoms with van der Waals surface area (Å²) >= 11 is 0. The molecule has 0 aliphatic heterocycles. The normalized spacial score (nSPS) is 11.8. The third-order valence-electron chi connectivity index (χ3n) is 3.60. The van der Waals surface area contributed by atoms with Gasteiger partial charge in [-0.15, -0.1) is 0 Å². The van der Waals surface area contributed by atoms with Crippen molar-refractivity contribution in [3.05, 3.63) is 29.8 Å². The molecule has 1 aromatic carbocycles. The summed E-state index contributed by atoms with van der Waals surface area (Å²) in [5.74, 6) is -1.98. The topological polar surface area (TPSA) is 69.6 Å². The average molecular weight is 306 g/mol. The Bertz CT molecular complexity index is 483. The first-order valence-electron chi connectivity index (χ1n) is 7.72. The molecule has 0 heterocycles. The summed E-state index contributed by atoms with van der Waals surface area (Å²) in [5, 5.41) is 12.2. The molecule has 0 saturated carbocycles. The SMILES string of the molecule is CCCCCNC(=O)CC(C(=O)O)c1ccc(N(C)C)cc1. The molecule has 0 radical (unpaired) electrons. The van der Waals surface area contributed by atoms with Crippen LogP contribution < -0.4 is 10.2 Å². The van der Waals surface area contributed by atoms with Crippen LogP contribution in [0.25, 0.3) is 0 Å². The van der Waals surface area contributed by atoms with Gasteiger partial charge in [-0.25, -0.2) is 0 Å². The zero-order valence-corrected chi connectivity index (χ0v) is 13.6. The zero-order valence-electron chi connectivity index (χ0n) is 13.6. The molecule has 1 rings (SSSR count). The highest BCUT2D eigenvalue weighted by Gasteiger charge is 2.23. The molecule has 5 nitrogen and oxygen atoms in total. The van der Waals surface area contributed by atoms with E-state index in [1.54, 1.807) is 12.1 Å². The monoisotopic (exact) mass is 306 g/mol. The molecule has 1 unspecified atom stereocenters. The minimum Gasteiger partial charge on any atom is -0.481 e. The highest BCUT2D eigenvalue weighted by atomic mass is 16.4. The van der Waals surface area contributed by atoms with E-state index in [2.05, 4.69) is 12.2 Å². The number of nitrogens with one attached hydrogen (secondary N) is 1. The van der Waals surface area contributed by atoms with E-state index in [1.165, 1.54) is 0 Å². The van der Waals surface area contributed by atoms with Crippen LogP contribution in [0.4, 0.5) is 5.69 Å². The van der Waals surface area contributed by atoms with Crippen molar-refractivity contribution in [1.29, 1.82) is 0 Å². The van der Waals surface area contributed by atoms with Crippen LogP contribution in [0.5, 0.6) is 0 Å². The Morgan fingerprint density at radius 2 is 1.82 bits per heavy atom. The summed E-state index contributed by atoms with van der Waals surface area (Å²) in [6.07, 6.45) is 3.06. The first-order chi connectivity index (χ1) is 10.5. The molecule has 5 heteroatoms. The Balaban J connectivity index is 2.65. The van der Waals surface area contributed by atoms with Gasteiger partial charge in [0.1, 0.15) is 0 Å². The number of benzene rings is 1. The fourth-order valence-corrected chi connectivity index (χ4v) is 2.21. The van der Waals surface area contributed by atoms with Gasteiger partial charge in [0.05, 0.1) is 5.92 Å². The molecule has 1 aromatic rings. The summed E-state index contributed by atoms with van der Waals surface area (Å²) in [6.45, 7) is 2.71. The standard InChI is InChI=1S/C17H26N2O3/c1-4-5-6-11-18-16(20)12-15(17(21)22)13-7-9-14(10-8-13)19(2)3/h7-10,15H,4-6,11-12H2,1-3H3,(H,18,20)(H,21,22). The molecule has 0 aliphatic carbocycles. The lowest BCUT2D eigenvalue weighted by molar-refractivity contribution is -0.140.